The molecule has 0 saturated carbocycles. The van der Waals surface area contributed by atoms with Gasteiger partial charge in [0.25, 0.3) is 0 Å². The normalized spacial score (nSPS) is 21.8. The molecule has 96 valence electrons. The monoisotopic (exact) mass is 274 g/mol. The van der Waals surface area contributed by atoms with E-state index in [1.807, 2.05) is 29.3 Å². The lowest BCUT2D eigenvalue weighted by Gasteiger charge is -2.35. The summed E-state index contributed by atoms with van der Waals surface area (Å²) < 4.78 is 0. The third kappa shape index (κ3) is 3.21. The Morgan fingerprint density at radius 1 is 1.65 bits per heavy atom. The van der Waals surface area contributed by atoms with Crippen LogP contribution in [0.4, 0.5) is 0 Å². The molecule has 2 atom stereocenters. The van der Waals surface area contributed by atoms with Gasteiger partial charge in [0.2, 0.25) is 5.91 Å². The number of carbonyl (C=O) groups excluding carboxylic acids is 1. The number of nitrogens with zero attached hydrogens (tertiary/aromatic N) is 1. The Balaban J connectivity index is 0.00000144. The van der Waals surface area contributed by atoms with Crippen molar-refractivity contribution in [3.8, 4) is 0 Å². The second-order valence-corrected chi connectivity index (χ2v) is 5.30. The predicted octanol–water partition coefficient (Wildman–Crippen LogP) is 2.09. The Bertz CT molecular complexity index is 355. The van der Waals surface area contributed by atoms with E-state index in [2.05, 4.69) is 12.2 Å². The van der Waals surface area contributed by atoms with E-state index in [1.165, 1.54) is 0 Å². The van der Waals surface area contributed by atoms with Gasteiger partial charge >= 0.3 is 0 Å². The molecule has 2 unspecified atom stereocenters. The number of hydrogen-bond acceptors (Lipinski definition) is 3. The number of thiophene rings is 1. The standard InChI is InChI=1S/C12H18N2OS.ClH/c1-9-8-13-5-6-14(9)12(15)10(2)11-4-3-7-16-11;/h3-4,7,9-10,13H,5-6,8H2,1-2H3;1H. The summed E-state index contributed by atoms with van der Waals surface area (Å²) in [6.07, 6.45) is 0. The molecule has 2 heterocycles. The van der Waals surface area contributed by atoms with Gasteiger partial charge < -0.3 is 10.2 Å². The summed E-state index contributed by atoms with van der Waals surface area (Å²) in [5, 5.41) is 5.33. The maximum Gasteiger partial charge on any atom is 0.230 e. The molecule has 0 spiro atoms. The van der Waals surface area contributed by atoms with Crippen LogP contribution in [0.5, 0.6) is 0 Å². The molecular formula is C12H19ClN2OS. The van der Waals surface area contributed by atoms with E-state index in [0.717, 1.165) is 24.5 Å². The smallest absolute Gasteiger partial charge is 0.230 e. The Kier molecular flexibility index (Phi) is 5.43. The van der Waals surface area contributed by atoms with E-state index in [4.69, 9.17) is 0 Å². The number of nitrogens with one attached hydrogen (secondary N) is 1. The molecule has 0 aromatic carbocycles. The van der Waals surface area contributed by atoms with Gasteiger partial charge in [0.05, 0.1) is 5.92 Å². The van der Waals surface area contributed by atoms with Crippen LogP contribution in [0.25, 0.3) is 0 Å². The molecule has 1 N–H and O–H groups in total. The van der Waals surface area contributed by atoms with E-state index in [1.54, 1.807) is 11.3 Å². The number of rotatable bonds is 2. The maximum absolute atomic E-state index is 12.3. The maximum atomic E-state index is 12.3. The highest BCUT2D eigenvalue weighted by Crippen LogP contribution is 2.23. The molecular weight excluding hydrogens is 256 g/mol. The van der Waals surface area contributed by atoms with Gasteiger partial charge in [-0.25, -0.2) is 0 Å². The lowest BCUT2D eigenvalue weighted by atomic mass is 10.1. The van der Waals surface area contributed by atoms with Crippen LogP contribution in [0.2, 0.25) is 0 Å². The molecule has 3 nitrogen and oxygen atoms in total. The molecule has 1 saturated heterocycles. The van der Waals surface area contributed by atoms with Crippen LogP contribution in [-0.4, -0.2) is 36.5 Å². The lowest BCUT2D eigenvalue weighted by Crippen LogP contribution is -2.53. The summed E-state index contributed by atoms with van der Waals surface area (Å²) in [7, 11) is 0. The lowest BCUT2D eigenvalue weighted by molar-refractivity contribution is -0.135. The van der Waals surface area contributed by atoms with Crippen molar-refractivity contribution in [1.29, 1.82) is 0 Å². The number of halogens is 1. The first kappa shape index (κ1) is 14.5. The first-order valence-electron chi connectivity index (χ1n) is 5.74. The van der Waals surface area contributed by atoms with E-state index in [0.29, 0.717) is 6.04 Å². The molecule has 1 aliphatic rings. The van der Waals surface area contributed by atoms with E-state index < -0.39 is 0 Å². The summed E-state index contributed by atoms with van der Waals surface area (Å²) in [5.74, 6) is 0.261. The highest BCUT2D eigenvalue weighted by atomic mass is 35.5. The molecule has 2 rings (SSSR count). The van der Waals surface area contributed by atoms with E-state index >= 15 is 0 Å². The molecule has 0 bridgehead atoms. The minimum absolute atomic E-state index is 0. The highest BCUT2D eigenvalue weighted by molar-refractivity contribution is 7.10. The van der Waals surface area contributed by atoms with Crippen LogP contribution in [0.1, 0.15) is 24.6 Å². The minimum atomic E-state index is 0. The Morgan fingerprint density at radius 3 is 3.00 bits per heavy atom. The first-order chi connectivity index (χ1) is 7.70. The van der Waals surface area contributed by atoms with Gasteiger partial charge in [-0.1, -0.05) is 6.07 Å². The molecule has 1 fully saturated rings. The fraction of sp³-hybridized carbons (Fsp3) is 0.583. The molecule has 0 radical (unpaired) electrons. The van der Waals surface area contributed by atoms with Crippen molar-refractivity contribution in [2.24, 2.45) is 0 Å². The topological polar surface area (TPSA) is 32.3 Å². The summed E-state index contributed by atoms with van der Waals surface area (Å²) in [5.41, 5.74) is 0. The summed E-state index contributed by atoms with van der Waals surface area (Å²) in [4.78, 5) is 15.5. The molecule has 1 aromatic heterocycles. The predicted molar refractivity (Wildman–Crippen MR) is 74.0 cm³/mol. The van der Waals surface area contributed by atoms with Crippen molar-refractivity contribution < 1.29 is 4.79 Å². The average Bonchev–Trinajstić information content (AvgIpc) is 2.81. The third-order valence-electron chi connectivity index (χ3n) is 3.12. The van der Waals surface area contributed by atoms with Crippen LogP contribution in [0.15, 0.2) is 17.5 Å². The molecule has 5 heteroatoms. The van der Waals surface area contributed by atoms with Gasteiger partial charge in [-0.05, 0) is 25.3 Å². The van der Waals surface area contributed by atoms with Gasteiger partial charge in [-0.2, -0.15) is 0 Å². The summed E-state index contributed by atoms with van der Waals surface area (Å²) >= 11 is 1.66. The van der Waals surface area contributed by atoms with E-state index in [-0.39, 0.29) is 24.2 Å². The first-order valence-corrected chi connectivity index (χ1v) is 6.62. The molecule has 17 heavy (non-hydrogen) atoms. The van der Waals surface area contributed by atoms with Crippen molar-refractivity contribution >= 4 is 29.7 Å². The van der Waals surface area contributed by atoms with Crippen LogP contribution in [0.3, 0.4) is 0 Å². The second-order valence-electron chi connectivity index (χ2n) is 4.32. The Morgan fingerprint density at radius 2 is 2.41 bits per heavy atom. The molecule has 1 aromatic rings. The van der Waals surface area contributed by atoms with Gasteiger partial charge in [0.15, 0.2) is 0 Å². The van der Waals surface area contributed by atoms with Gasteiger partial charge in [0, 0.05) is 30.6 Å². The molecule has 1 amide bonds. The Hall–Kier alpha value is -0.580. The van der Waals surface area contributed by atoms with Crippen molar-refractivity contribution in [3.63, 3.8) is 0 Å². The Labute approximate surface area is 113 Å². The zero-order valence-corrected chi connectivity index (χ0v) is 11.8. The minimum Gasteiger partial charge on any atom is -0.337 e. The highest BCUT2D eigenvalue weighted by Gasteiger charge is 2.27. The van der Waals surface area contributed by atoms with Crippen LogP contribution < -0.4 is 5.32 Å². The summed E-state index contributed by atoms with van der Waals surface area (Å²) in [6.45, 7) is 6.75. The molecule has 0 aliphatic carbocycles. The van der Waals surface area contributed by atoms with Crippen LogP contribution >= 0.6 is 23.7 Å². The van der Waals surface area contributed by atoms with Crippen LogP contribution in [-0.2, 0) is 4.79 Å². The van der Waals surface area contributed by atoms with Crippen LogP contribution in [0, 0.1) is 0 Å². The quantitative estimate of drug-likeness (QED) is 0.896. The number of amides is 1. The zero-order valence-electron chi connectivity index (χ0n) is 10.2. The number of hydrogen-bond donors (Lipinski definition) is 1. The van der Waals surface area contributed by atoms with Gasteiger partial charge in [-0.3, -0.25) is 4.79 Å². The molecule has 1 aliphatic heterocycles. The second kappa shape index (κ2) is 6.38. The third-order valence-corrected chi connectivity index (χ3v) is 4.18. The van der Waals surface area contributed by atoms with Crippen molar-refractivity contribution in [3.05, 3.63) is 22.4 Å². The zero-order chi connectivity index (χ0) is 11.5. The van der Waals surface area contributed by atoms with Crippen molar-refractivity contribution in [1.82, 2.24) is 10.2 Å². The fourth-order valence-corrected chi connectivity index (χ4v) is 2.85. The van der Waals surface area contributed by atoms with Gasteiger partial charge in [0.1, 0.15) is 0 Å². The fourth-order valence-electron chi connectivity index (χ4n) is 2.08. The van der Waals surface area contributed by atoms with E-state index in [9.17, 15) is 4.79 Å². The van der Waals surface area contributed by atoms with Gasteiger partial charge in [-0.15, -0.1) is 23.7 Å². The average molecular weight is 275 g/mol. The number of piperazine rings is 1. The van der Waals surface area contributed by atoms with Crippen molar-refractivity contribution in [2.75, 3.05) is 19.6 Å². The number of carbonyl (C=O) groups is 1. The summed E-state index contributed by atoms with van der Waals surface area (Å²) in [6, 6.07) is 4.36. The SMILES string of the molecule is CC(C(=O)N1CCNCC1C)c1cccs1.Cl. The largest absolute Gasteiger partial charge is 0.337 e. The van der Waals surface area contributed by atoms with Crippen molar-refractivity contribution in [2.45, 2.75) is 25.8 Å².